The van der Waals surface area contributed by atoms with E-state index in [0.717, 1.165) is 17.0 Å². The average Bonchev–Trinajstić information content (AvgIpc) is 2.91. The van der Waals surface area contributed by atoms with Crippen molar-refractivity contribution in [3.05, 3.63) is 58.9 Å². The molecule has 0 saturated carbocycles. The summed E-state index contributed by atoms with van der Waals surface area (Å²) >= 11 is 0. The number of hydrogen-bond donors (Lipinski definition) is 2. The van der Waals surface area contributed by atoms with Crippen LogP contribution in [-0.2, 0) is 11.3 Å². The molecule has 6 nitrogen and oxygen atoms in total. The molecule has 138 valence electrons. The first-order valence-electron chi connectivity index (χ1n) is 8.77. The standard InChI is InChI=1S/C20H24N2O4/c1-14-12-17(15(2)22(14)13-16-6-4-3-5-7-16)18(23)21-10-8-20(26,9-11-21)19(24)25/h3-7,12,26H,8-11,13H2,1-2H3,(H,24,25). The van der Waals surface area contributed by atoms with Crippen LogP contribution in [0.2, 0.25) is 0 Å². The van der Waals surface area contributed by atoms with E-state index in [1.54, 1.807) is 4.90 Å². The lowest BCUT2D eigenvalue weighted by Gasteiger charge is -2.35. The number of benzene rings is 1. The van der Waals surface area contributed by atoms with Gasteiger partial charge in [0, 0.05) is 43.9 Å². The van der Waals surface area contributed by atoms with Crippen LogP contribution in [0.4, 0.5) is 0 Å². The number of nitrogens with zero attached hydrogens (tertiary/aromatic N) is 2. The number of aryl methyl sites for hydroxylation is 1. The van der Waals surface area contributed by atoms with Gasteiger partial charge < -0.3 is 19.7 Å². The van der Waals surface area contributed by atoms with E-state index in [0.29, 0.717) is 12.1 Å². The minimum atomic E-state index is -1.72. The third kappa shape index (κ3) is 3.37. The van der Waals surface area contributed by atoms with Crippen LogP contribution in [0.15, 0.2) is 36.4 Å². The Morgan fingerprint density at radius 3 is 2.31 bits per heavy atom. The number of likely N-dealkylation sites (tertiary alicyclic amines) is 1. The van der Waals surface area contributed by atoms with Crippen LogP contribution >= 0.6 is 0 Å². The van der Waals surface area contributed by atoms with Gasteiger partial charge in [0.25, 0.3) is 5.91 Å². The molecule has 6 heteroatoms. The Morgan fingerprint density at radius 2 is 1.73 bits per heavy atom. The van der Waals surface area contributed by atoms with Crippen molar-refractivity contribution >= 4 is 11.9 Å². The molecule has 0 spiro atoms. The summed E-state index contributed by atoms with van der Waals surface area (Å²) in [6.07, 6.45) is 0.105. The molecular weight excluding hydrogens is 332 g/mol. The molecule has 2 aromatic rings. The molecule has 0 unspecified atom stereocenters. The van der Waals surface area contributed by atoms with Crippen LogP contribution in [0.3, 0.4) is 0 Å². The largest absolute Gasteiger partial charge is 0.479 e. The highest BCUT2D eigenvalue weighted by Gasteiger charge is 2.40. The number of amides is 1. The van der Waals surface area contributed by atoms with Gasteiger partial charge in [-0.1, -0.05) is 30.3 Å². The maximum Gasteiger partial charge on any atom is 0.335 e. The SMILES string of the molecule is Cc1cc(C(=O)N2CCC(O)(C(=O)O)CC2)c(C)n1Cc1ccccc1. The molecule has 1 aromatic carbocycles. The van der Waals surface area contributed by atoms with Crippen LogP contribution in [0.25, 0.3) is 0 Å². The van der Waals surface area contributed by atoms with Gasteiger partial charge in [0.1, 0.15) is 0 Å². The van der Waals surface area contributed by atoms with Crippen LogP contribution in [-0.4, -0.2) is 50.2 Å². The number of hydrogen-bond acceptors (Lipinski definition) is 3. The van der Waals surface area contributed by atoms with Gasteiger partial charge in [-0.3, -0.25) is 4.79 Å². The second-order valence-corrected chi connectivity index (χ2v) is 6.99. The molecule has 0 aliphatic carbocycles. The summed E-state index contributed by atoms with van der Waals surface area (Å²) in [4.78, 5) is 25.7. The summed E-state index contributed by atoms with van der Waals surface area (Å²) in [5, 5.41) is 19.2. The molecule has 2 heterocycles. The number of aliphatic carboxylic acids is 1. The predicted octanol–water partition coefficient (Wildman–Crippen LogP) is 2.20. The first-order chi connectivity index (χ1) is 12.3. The summed E-state index contributed by atoms with van der Waals surface area (Å²) in [5.74, 6) is -1.32. The Kier molecular flexibility index (Phi) is 4.87. The van der Waals surface area contributed by atoms with Gasteiger partial charge in [-0.2, -0.15) is 0 Å². The zero-order chi connectivity index (χ0) is 18.9. The van der Waals surface area contributed by atoms with E-state index in [4.69, 9.17) is 5.11 Å². The maximum absolute atomic E-state index is 12.9. The fourth-order valence-electron chi connectivity index (χ4n) is 3.49. The topological polar surface area (TPSA) is 82.8 Å². The zero-order valence-electron chi connectivity index (χ0n) is 15.1. The molecular formula is C20H24N2O4. The van der Waals surface area contributed by atoms with Crippen molar-refractivity contribution in [2.75, 3.05) is 13.1 Å². The van der Waals surface area contributed by atoms with Crippen molar-refractivity contribution in [2.24, 2.45) is 0 Å². The molecule has 0 radical (unpaired) electrons. The van der Waals surface area contributed by atoms with E-state index in [9.17, 15) is 14.7 Å². The lowest BCUT2D eigenvalue weighted by Crippen LogP contribution is -2.50. The number of carbonyl (C=O) groups is 2. The Balaban J connectivity index is 1.77. The molecule has 26 heavy (non-hydrogen) atoms. The van der Waals surface area contributed by atoms with Crippen molar-refractivity contribution in [2.45, 2.75) is 38.8 Å². The lowest BCUT2D eigenvalue weighted by molar-refractivity contribution is -0.162. The number of aliphatic hydroxyl groups is 1. The van der Waals surface area contributed by atoms with Gasteiger partial charge in [-0.15, -0.1) is 0 Å². The zero-order valence-corrected chi connectivity index (χ0v) is 15.1. The molecule has 1 aliphatic heterocycles. The Hall–Kier alpha value is -2.60. The quantitative estimate of drug-likeness (QED) is 0.880. The molecule has 0 bridgehead atoms. The van der Waals surface area contributed by atoms with Gasteiger partial charge in [0.2, 0.25) is 0 Å². The molecule has 1 aromatic heterocycles. The van der Waals surface area contributed by atoms with E-state index >= 15 is 0 Å². The second-order valence-electron chi connectivity index (χ2n) is 6.99. The van der Waals surface area contributed by atoms with Gasteiger partial charge >= 0.3 is 5.97 Å². The van der Waals surface area contributed by atoms with Crippen LogP contribution < -0.4 is 0 Å². The number of carbonyl (C=O) groups excluding carboxylic acids is 1. The normalized spacial score (nSPS) is 16.5. The van der Waals surface area contributed by atoms with Crippen LogP contribution in [0, 0.1) is 13.8 Å². The van der Waals surface area contributed by atoms with Gasteiger partial charge in [-0.05, 0) is 25.5 Å². The van der Waals surface area contributed by atoms with Crippen molar-refractivity contribution in [3.63, 3.8) is 0 Å². The van der Waals surface area contributed by atoms with E-state index in [1.807, 2.05) is 38.1 Å². The van der Waals surface area contributed by atoms with Gasteiger partial charge in [0.15, 0.2) is 5.60 Å². The molecule has 3 rings (SSSR count). The third-order valence-electron chi connectivity index (χ3n) is 5.26. The number of aromatic nitrogens is 1. The Morgan fingerprint density at radius 1 is 1.12 bits per heavy atom. The van der Waals surface area contributed by atoms with Crippen LogP contribution in [0.5, 0.6) is 0 Å². The minimum Gasteiger partial charge on any atom is -0.479 e. The van der Waals surface area contributed by atoms with Crippen LogP contribution in [0.1, 0.15) is 40.2 Å². The molecule has 1 aliphatic rings. The first-order valence-corrected chi connectivity index (χ1v) is 8.77. The van der Waals surface area contributed by atoms with E-state index in [2.05, 4.69) is 16.7 Å². The Bertz CT molecular complexity index is 818. The van der Waals surface area contributed by atoms with Gasteiger partial charge in [-0.25, -0.2) is 4.79 Å². The number of piperidine rings is 1. The first kappa shape index (κ1) is 18.2. The summed E-state index contributed by atoms with van der Waals surface area (Å²) < 4.78 is 2.11. The highest BCUT2D eigenvalue weighted by molar-refractivity contribution is 5.96. The lowest BCUT2D eigenvalue weighted by atomic mass is 9.91. The molecule has 0 atom stereocenters. The molecule has 1 saturated heterocycles. The summed E-state index contributed by atoms with van der Waals surface area (Å²) in [5.41, 5.74) is 1.99. The maximum atomic E-state index is 12.9. The summed E-state index contributed by atoms with van der Waals surface area (Å²) in [6, 6.07) is 12.0. The van der Waals surface area contributed by atoms with E-state index < -0.39 is 11.6 Å². The second kappa shape index (κ2) is 6.96. The predicted molar refractivity (Wildman–Crippen MR) is 97.2 cm³/mol. The van der Waals surface area contributed by atoms with Crippen molar-refractivity contribution in [1.82, 2.24) is 9.47 Å². The van der Waals surface area contributed by atoms with Gasteiger partial charge in [0.05, 0.1) is 5.56 Å². The fourth-order valence-corrected chi connectivity index (χ4v) is 3.49. The highest BCUT2D eigenvalue weighted by atomic mass is 16.4. The van der Waals surface area contributed by atoms with Crippen molar-refractivity contribution < 1.29 is 19.8 Å². The minimum absolute atomic E-state index is 0.0524. The van der Waals surface area contributed by atoms with E-state index in [1.165, 1.54) is 0 Å². The smallest absolute Gasteiger partial charge is 0.335 e. The molecule has 1 amide bonds. The molecule has 2 N–H and O–H groups in total. The number of rotatable bonds is 4. The number of carboxylic acids is 1. The van der Waals surface area contributed by atoms with E-state index in [-0.39, 0.29) is 31.8 Å². The highest BCUT2D eigenvalue weighted by Crippen LogP contribution is 2.25. The third-order valence-corrected chi connectivity index (χ3v) is 5.26. The average molecular weight is 356 g/mol. The number of carboxylic acid groups (broad SMARTS) is 1. The monoisotopic (exact) mass is 356 g/mol. The van der Waals surface area contributed by atoms with Crippen molar-refractivity contribution in [1.29, 1.82) is 0 Å². The van der Waals surface area contributed by atoms with Crippen molar-refractivity contribution in [3.8, 4) is 0 Å². The molecule has 1 fully saturated rings. The summed E-state index contributed by atoms with van der Waals surface area (Å²) in [6.45, 7) is 5.09. The fraction of sp³-hybridized carbons (Fsp3) is 0.400. The Labute approximate surface area is 152 Å². The summed E-state index contributed by atoms with van der Waals surface area (Å²) in [7, 11) is 0.